The summed E-state index contributed by atoms with van der Waals surface area (Å²) in [5, 5.41) is 13.3. The molecule has 0 spiro atoms. The fraction of sp³-hybridized carbons (Fsp3) is 0.667. The van der Waals surface area contributed by atoms with Gasteiger partial charge in [0.25, 0.3) is 0 Å². The van der Waals surface area contributed by atoms with Crippen molar-refractivity contribution < 1.29 is 19.5 Å². The lowest BCUT2D eigenvalue weighted by atomic mass is 10.4. The topological polar surface area (TPSA) is 95.5 Å². The molecule has 1 aliphatic carbocycles. The normalized spacial score (nSPS) is 14.4. The van der Waals surface area contributed by atoms with E-state index in [1.54, 1.807) is 0 Å². The zero-order chi connectivity index (χ0) is 11.3. The molecular formula is C9H14N2O4. The molecule has 0 unspecified atom stereocenters. The molecule has 84 valence electrons. The van der Waals surface area contributed by atoms with Crippen molar-refractivity contribution in [3.05, 3.63) is 0 Å². The van der Waals surface area contributed by atoms with E-state index in [1.807, 2.05) is 0 Å². The van der Waals surface area contributed by atoms with Gasteiger partial charge in [-0.05, 0) is 12.8 Å². The highest BCUT2D eigenvalue weighted by molar-refractivity contribution is 5.93. The molecule has 1 saturated carbocycles. The van der Waals surface area contributed by atoms with Crippen LogP contribution in [0.4, 0.5) is 0 Å². The van der Waals surface area contributed by atoms with E-state index >= 15 is 0 Å². The van der Waals surface area contributed by atoms with Crippen LogP contribution in [0.1, 0.15) is 19.3 Å². The zero-order valence-electron chi connectivity index (χ0n) is 8.28. The Morgan fingerprint density at radius 1 is 1.13 bits per heavy atom. The minimum absolute atomic E-state index is 0.0162. The Balaban J connectivity index is 1.98. The monoisotopic (exact) mass is 214 g/mol. The second kappa shape index (κ2) is 5.33. The Hall–Kier alpha value is -1.59. The number of carbonyl (C=O) groups excluding carboxylic acids is 2. The van der Waals surface area contributed by atoms with Crippen molar-refractivity contribution >= 4 is 17.8 Å². The van der Waals surface area contributed by atoms with E-state index < -0.39 is 18.3 Å². The number of amides is 2. The second-order valence-electron chi connectivity index (χ2n) is 3.49. The van der Waals surface area contributed by atoms with Crippen LogP contribution >= 0.6 is 0 Å². The van der Waals surface area contributed by atoms with E-state index in [0.29, 0.717) is 6.54 Å². The van der Waals surface area contributed by atoms with Crippen molar-refractivity contribution in [3.63, 3.8) is 0 Å². The number of carboxylic acid groups (broad SMARTS) is 1. The Labute approximate surface area is 87.0 Å². The van der Waals surface area contributed by atoms with Crippen LogP contribution in [0, 0.1) is 5.92 Å². The second-order valence-corrected chi connectivity index (χ2v) is 3.49. The summed E-state index contributed by atoms with van der Waals surface area (Å²) in [5.41, 5.74) is 0. The maximum atomic E-state index is 11.1. The van der Waals surface area contributed by atoms with Crippen LogP contribution in [-0.2, 0) is 14.4 Å². The molecule has 1 rings (SSSR count). The number of hydrogen-bond donors (Lipinski definition) is 3. The number of hydrogen-bond acceptors (Lipinski definition) is 3. The maximum absolute atomic E-state index is 11.1. The van der Waals surface area contributed by atoms with Crippen molar-refractivity contribution in [2.75, 3.05) is 13.1 Å². The number of carbonyl (C=O) groups is 3. The zero-order valence-corrected chi connectivity index (χ0v) is 8.28. The van der Waals surface area contributed by atoms with E-state index in [4.69, 9.17) is 5.11 Å². The smallest absolute Gasteiger partial charge is 0.312 e. The first-order chi connectivity index (χ1) is 7.09. The van der Waals surface area contributed by atoms with Gasteiger partial charge in [0.15, 0.2) is 0 Å². The average molecular weight is 214 g/mol. The number of carboxylic acids is 1. The molecule has 6 nitrogen and oxygen atoms in total. The molecule has 0 heterocycles. The molecule has 0 atom stereocenters. The summed E-state index contributed by atoms with van der Waals surface area (Å²) >= 11 is 0. The predicted molar refractivity (Wildman–Crippen MR) is 51.0 cm³/mol. The van der Waals surface area contributed by atoms with Gasteiger partial charge in [-0.3, -0.25) is 14.4 Å². The molecule has 0 aromatic carbocycles. The first-order valence-corrected chi connectivity index (χ1v) is 4.86. The summed E-state index contributed by atoms with van der Waals surface area (Å²) in [6, 6.07) is 0. The molecule has 15 heavy (non-hydrogen) atoms. The molecule has 0 aliphatic heterocycles. The predicted octanol–water partition coefficient (Wildman–Crippen LogP) is -0.896. The first-order valence-electron chi connectivity index (χ1n) is 4.86. The molecule has 1 aliphatic rings. The molecule has 3 N–H and O–H groups in total. The Morgan fingerprint density at radius 2 is 1.73 bits per heavy atom. The molecule has 0 radical (unpaired) electrons. The van der Waals surface area contributed by atoms with Crippen molar-refractivity contribution in [1.29, 1.82) is 0 Å². The van der Waals surface area contributed by atoms with Crippen molar-refractivity contribution in [3.8, 4) is 0 Å². The molecule has 1 fully saturated rings. The van der Waals surface area contributed by atoms with Crippen LogP contribution in [0.25, 0.3) is 0 Å². The van der Waals surface area contributed by atoms with Gasteiger partial charge in [-0.15, -0.1) is 0 Å². The molecule has 6 heteroatoms. The van der Waals surface area contributed by atoms with E-state index in [0.717, 1.165) is 12.8 Å². The van der Waals surface area contributed by atoms with E-state index in [9.17, 15) is 14.4 Å². The van der Waals surface area contributed by atoms with Gasteiger partial charge >= 0.3 is 5.97 Å². The summed E-state index contributed by atoms with van der Waals surface area (Å²) in [6.45, 7) is 0.616. The third-order valence-corrected chi connectivity index (χ3v) is 2.01. The minimum atomic E-state index is -1.16. The van der Waals surface area contributed by atoms with Gasteiger partial charge in [0.1, 0.15) is 6.42 Å². The van der Waals surface area contributed by atoms with Crippen molar-refractivity contribution in [2.45, 2.75) is 19.3 Å². The molecule has 0 aromatic heterocycles. The van der Waals surface area contributed by atoms with Gasteiger partial charge in [0.05, 0.1) is 0 Å². The summed E-state index contributed by atoms with van der Waals surface area (Å²) in [6.07, 6.45) is 1.35. The summed E-state index contributed by atoms with van der Waals surface area (Å²) in [7, 11) is 0. The van der Waals surface area contributed by atoms with Crippen molar-refractivity contribution in [2.24, 2.45) is 5.92 Å². The first kappa shape index (κ1) is 11.5. The largest absolute Gasteiger partial charge is 0.481 e. The van der Waals surface area contributed by atoms with E-state index in [2.05, 4.69) is 10.6 Å². The Morgan fingerprint density at radius 3 is 2.27 bits per heavy atom. The Kier molecular flexibility index (Phi) is 4.08. The third-order valence-electron chi connectivity index (χ3n) is 2.01. The minimum Gasteiger partial charge on any atom is -0.481 e. The van der Waals surface area contributed by atoms with Crippen LogP contribution in [0.5, 0.6) is 0 Å². The van der Waals surface area contributed by atoms with Gasteiger partial charge in [-0.25, -0.2) is 0 Å². The van der Waals surface area contributed by atoms with Gasteiger partial charge < -0.3 is 15.7 Å². The molecule has 0 aromatic rings. The highest BCUT2D eigenvalue weighted by Crippen LogP contribution is 2.28. The fourth-order valence-electron chi connectivity index (χ4n) is 1.08. The third kappa shape index (κ3) is 4.99. The SMILES string of the molecule is O=C(O)CC(=O)NCCNC(=O)C1CC1. The fourth-order valence-corrected chi connectivity index (χ4v) is 1.08. The van der Waals surface area contributed by atoms with Gasteiger partial charge in [0, 0.05) is 19.0 Å². The van der Waals surface area contributed by atoms with Crippen LogP contribution in [-0.4, -0.2) is 36.0 Å². The standard InChI is InChI=1S/C9H14N2O4/c12-7(5-8(13)14)10-3-4-11-9(15)6-1-2-6/h6H,1-5H2,(H,10,12)(H,11,15)(H,13,14). The van der Waals surface area contributed by atoms with Crippen LogP contribution in [0.15, 0.2) is 0 Å². The lowest BCUT2D eigenvalue weighted by Crippen LogP contribution is -2.35. The Bertz CT molecular complexity index is 273. The van der Waals surface area contributed by atoms with Crippen LogP contribution in [0.3, 0.4) is 0 Å². The summed E-state index contributed by atoms with van der Waals surface area (Å²) in [4.78, 5) is 32.1. The lowest BCUT2D eigenvalue weighted by molar-refractivity contribution is -0.140. The molecule has 2 amide bonds. The quantitative estimate of drug-likeness (QED) is 0.394. The lowest BCUT2D eigenvalue weighted by Gasteiger charge is -2.05. The van der Waals surface area contributed by atoms with Crippen LogP contribution in [0.2, 0.25) is 0 Å². The number of rotatable bonds is 6. The van der Waals surface area contributed by atoms with Gasteiger partial charge in [0.2, 0.25) is 11.8 Å². The van der Waals surface area contributed by atoms with Gasteiger partial charge in [-0.1, -0.05) is 0 Å². The van der Waals surface area contributed by atoms with E-state index in [1.165, 1.54) is 0 Å². The average Bonchev–Trinajstić information content (AvgIpc) is 2.93. The van der Waals surface area contributed by atoms with Crippen LogP contribution < -0.4 is 10.6 Å². The van der Waals surface area contributed by atoms with Gasteiger partial charge in [-0.2, -0.15) is 0 Å². The summed E-state index contributed by atoms with van der Waals surface area (Å²) in [5.74, 6) is -1.53. The highest BCUT2D eigenvalue weighted by atomic mass is 16.4. The van der Waals surface area contributed by atoms with E-state index in [-0.39, 0.29) is 18.4 Å². The molecule has 0 bridgehead atoms. The number of nitrogens with one attached hydrogen (secondary N) is 2. The molecular weight excluding hydrogens is 200 g/mol. The maximum Gasteiger partial charge on any atom is 0.312 e. The number of aliphatic carboxylic acids is 1. The summed E-state index contributed by atoms with van der Waals surface area (Å²) < 4.78 is 0. The molecule has 0 saturated heterocycles. The van der Waals surface area contributed by atoms with Crippen molar-refractivity contribution in [1.82, 2.24) is 10.6 Å². The highest BCUT2D eigenvalue weighted by Gasteiger charge is 2.28.